The summed E-state index contributed by atoms with van der Waals surface area (Å²) >= 11 is 0. The van der Waals surface area contributed by atoms with Crippen molar-refractivity contribution in [2.24, 2.45) is 0 Å². The average molecular weight is 320 g/mol. The van der Waals surface area contributed by atoms with Crippen molar-refractivity contribution in [3.05, 3.63) is 18.0 Å². The van der Waals surface area contributed by atoms with Gasteiger partial charge >= 0.3 is 0 Å². The zero-order valence-electron chi connectivity index (χ0n) is 14.5. The highest BCUT2D eigenvalue weighted by molar-refractivity contribution is 5.79. The van der Waals surface area contributed by atoms with Crippen LogP contribution in [0.15, 0.2) is 6.33 Å². The van der Waals surface area contributed by atoms with Crippen molar-refractivity contribution in [1.29, 1.82) is 0 Å². The highest BCUT2D eigenvalue weighted by Gasteiger charge is 2.27. The predicted octanol–water partition coefficient (Wildman–Crippen LogP) is 1.02. The summed E-state index contributed by atoms with van der Waals surface area (Å²) in [6.07, 6.45) is 1.66. The molecule has 0 saturated heterocycles. The standard InChI is InChI=1S/C14H24N8O/c1-9(2)21-8-16-17-11(21)7-15-12(23)10(3)22-13(14(4,5)6)18-19-20-22/h8-10H,7H2,1-6H3,(H,15,23)/t10-/m0/s1. The third-order valence-electron chi connectivity index (χ3n) is 3.53. The molecule has 0 unspecified atom stereocenters. The quantitative estimate of drug-likeness (QED) is 0.882. The van der Waals surface area contributed by atoms with Gasteiger partial charge in [0, 0.05) is 11.5 Å². The first-order valence-corrected chi connectivity index (χ1v) is 7.66. The van der Waals surface area contributed by atoms with E-state index in [1.54, 1.807) is 17.9 Å². The Morgan fingerprint density at radius 2 is 1.96 bits per heavy atom. The lowest BCUT2D eigenvalue weighted by Gasteiger charge is -2.20. The second kappa shape index (κ2) is 6.43. The SMILES string of the molecule is CC(C)n1cnnc1CNC(=O)[C@H](C)n1nnnc1C(C)(C)C. The van der Waals surface area contributed by atoms with Crippen molar-refractivity contribution in [3.63, 3.8) is 0 Å². The van der Waals surface area contributed by atoms with Crippen molar-refractivity contribution in [1.82, 2.24) is 40.3 Å². The van der Waals surface area contributed by atoms with Crippen molar-refractivity contribution in [3.8, 4) is 0 Å². The van der Waals surface area contributed by atoms with Crippen LogP contribution < -0.4 is 5.32 Å². The van der Waals surface area contributed by atoms with Gasteiger partial charge in [-0.25, -0.2) is 4.68 Å². The molecule has 1 atom stereocenters. The fourth-order valence-corrected chi connectivity index (χ4v) is 2.20. The Kier molecular flexibility index (Phi) is 4.76. The molecule has 0 bridgehead atoms. The van der Waals surface area contributed by atoms with E-state index in [1.165, 1.54) is 0 Å². The van der Waals surface area contributed by atoms with Crippen molar-refractivity contribution >= 4 is 5.91 Å². The normalized spacial score (nSPS) is 13.3. The maximum Gasteiger partial charge on any atom is 0.245 e. The monoisotopic (exact) mass is 320 g/mol. The maximum absolute atomic E-state index is 12.4. The Balaban J connectivity index is 2.07. The third kappa shape index (κ3) is 3.72. The van der Waals surface area contributed by atoms with E-state index in [0.717, 1.165) is 0 Å². The van der Waals surface area contributed by atoms with Gasteiger partial charge in [-0.2, -0.15) is 0 Å². The lowest BCUT2D eigenvalue weighted by molar-refractivity contribution is -0.124. The Bertz CT molecular complexity index is 666. The summed E-state index contributed by atoms with van der Waals surface area (Å²) in [5.74, 6) is 1.22. The zero-order valence-corrected chi connectivity index (χ0v) is 14.5. The van der Waals surface area contributed by atoms with E-state index in [9.17, 15) is 4.79 Å². The lowest BCUT2D eigenvalue weighted by atomic mass is 9.95. The number of tetrazole rings is 1. The van der Waals surface area contributed by atoms with Gasteiger partial charge in [0.2, 0.25) is 5.91 Å². The highest BCUT2D eigenvalue weighted by Crippen LogP contribution is 2.21. The largest absolute Gasteiger partial charge is 0.347 e. The third-order valence-corrected chi connectivity index (χ3v) is 3.53. The fourth-order valence-electron chi connectivity index (χ4n) is 2.20. The molecule has 0 fully saturated rings. The number of rotatable bonds is 5. The number of hydrogen-bond acceptors (Lipinski definition) is 6. The first-order chi connectivity index (χ1) is 10.7. The van der Waals surface area contributed by atoms with Crippen LogP contribution in [0.1, 0.15) is 65.3 Å². The minimum Gasteiger partial charge on any atom is -0.347 e. The van der Waals surface area contributed by atoms with Crippen LogP contribution in [0.3, 0.4) is 0 Å². The number of carbonyl (C=O) groups is 1. The van der Waals surface area contributed by atoms with Crippen molar-refractivity contribution in [2.45, 2.75) is 65.6 Å². The molecule has 0 aliphatic carbocycles. The first kappa shape index (κ1) is 17.0. The minimum absolute atomic E-state index is 0.166. The van der Waals surface area contributed by atoms with Gasteiger partial charge in [-0.3, -0.25) is 4.79 Å². The van der Waals surface area contributed by atoms with Crippen LogP contribution in [0.2, 0.25) is 0 Å². The van der Waals surface area contributed by atoms with E-state index in [2.05, 4.69) is 31.0 Å². The Hall–Kier alpha value is -2.32. The van der Waals surface area contributed by atoms with Crippen molar-refractivity contribution < 1.29 is 4.79 Å². The van der Waals surface area contributed by atoms with E-state index in [0.29, 0.717) is 18.2 Å². The van der Waals surface area contributed by atoms with Crippen LogP contribution in [0.4, 0.5) is 0 Å². The van der Waals surface area contributed by atoms with Crippen LogP contribution in [0.5, 0.6) is 0 Å². The molecule has 2 heterocycles. The second-order valence-corrected chi connectivity index (χ2v) is 6.84. The fraction of sp³-hybridized carbons (Fsp3) is 0.714. The Morgan fingerprint density at radius 3 is 2.57 bits per heavy atom. The summed E-state index contributed by atoms with van der Waals surface area (Å²) in [6.45, 7) is 12.2. The van der Waals surface area contributed by atoms with Gasteiger partial charge in [0.1, 0.15) is 12.4 Å². The van der Waals surface area contributed by atoms with E-state index < -0.39 is 6.04 Å². The number of hydrogen-bond donors (Lipinski definition) is 1. The molecule has 126 valence electrons. The van der Waals surface area contributed by atoms with Crippen LogP contribution in [-0.4, -0.2) is 40.9 Å². The molecule has 9 heteroatoms. The molecule has 0 saturated carbocycles. The summed E-state index contributed by atoms with van der Waals surface area (Å²) in [5.41, 5.74) is -0.240. The average Bonchev–Trinajstić information content (AvgIpc) is 3.11. The summed E-state index contributed by atoms with van der Waals surface area (Å²) in [5, 5.41) is 22.5. The number of nitrogens with zero attached hydrogens (tertiary/aromatic N) is 7. The Morgan fingerprint density at radius 1 is 1.26 bits per heavy atom. The number of aromatic nitrogens is 7. The second-order valence-electron chi connectivity index (χ2n) is 6.84. The predicted molar refractivity (Wildman–Crippen MR) is 83.5 cm³/mol. The summed E-state index contributed by atoms with van der Waals surface area (Å²) in [4.78, 5) is 12.4. The van der Waals surface area contributed by atoms with Crippen LogP contribution in [0.25, 0.3) is 0 Å². The topological polar surface area (TPSA) is 103 Å². The highest BCUT2D eigenvalue weighted by atomic mass is 16.2. The summed E-state index contributed by atoms with van der Waals surface area (Å²) in [6, 6.07) is -0.268. The van der Waals surface area contributed by atoms with E-state index >= 15 is 0 Å². The minimum atomic E-state index is -0.505. The lowest BCUT2D eigenvalue weighted by Crippen LogP contribution is -2.34. The molecule has 23 heavy (non-hydrogen) atoms. The molecule has 1 N–H and O–H groups in total. The van der Waals surface area contributed by atoms with Gasteiger partial charge in [0.05, 0.1) is 6.54 Å². The van der Waals surface area contributed by atoms with Gasteiger partial charge in [0.15, 0.2) is 11.6 Å². The zero-order chi connectivity index (χ0) is 17.2. The van der Waals surface area contributed by atoms with Crippen LogP contribution >= 0.6 is 0 Å². The van der Waals surface area contributed by atoms with Gasteiger partial charge < -0.3 is 9.88 Å². The molecular formula is C14H24N8O. The van der Waals surface area contributed by atoms with Gasteiger partial charge in [-0.15, -0.1) is 15.3 Å². The first-order valence-electron chi connectivity index (χ1n) is 7.66. The molecule has 0 radical (unpaired) electrons. The summed E-state index contributed by atoms with van der Waals surface area (Å²) in [7, 11) is 0. The number of amides is 1. The van der Waals surface area contributed by atoms with Gasteiger partial charge in [0.25, 0.3) is 0 Å². The smallest absolute Gasteiger partial charge is 0.245 e. The van der Waals surface area contributed by atoms with E-state index in [-0.39, 0.29) is 17.4 Å². The molecule has 2 aromatic heterocycles. The van der Waals surface area contributed by atoms with E-state index in [4.69, 9.17) is 0 Å². The maximum atomic E-state index is 12.4. The molecule has 0 spiro atoms. The molecular weight excluding hydrogens is 296 g/mol. The molecule has 2 rings (SSSR count). The molecule has 9 nitrogen and oxygen atoms in total. The van der Waals surface area contributed by atoms with Gasteiger partial charge in [-0.05, 0) is 31.2 Å². The molecule has 0 aliphatic heterocycles. The van der Waals surface area contributed by atoms with Crippen LogP contribution in [-0.2, 0) is 16.8 Å². The van der Waals surface area contributed by atoms with E-state index in [1.807, 2.05) is 39.2 Å². The van der Waals surface area contributed by atoms with Crippen molar-refractivity contribution in [2.75, 3.05) is 0 Å². The number of nitrogens with one attached hydrogen (secondary N) is 1. The number of carbonyl (C=O) groups excluding carboxylic acids is 1. The van der Waals surface area contributed by atoms with Gasteiger partial charge in [-0.1, -0.05) is 20.8 Å². The van der Waals surface area contributed by atoms with Crippen LogP contribution in [0, 0.1) is 0 Å². The summed E-state index contributed by atoms with van der Waals surface area (Å²) < 4.78 is 3.48. The Labute approximate surface area is 135 Å². The molecule has 0 aliphatic rings. The molecule has 0 aromatic carbocycles. The molecule has 1 amide bonds. The molecule has 2 aromatic rings.